The van der Waals surface area contributed by atoms with E-state index in [0.29, 0.717) is 0 Å². The normalized spacial score (nSPS) is 11.5. The molecule has 3 heteroatoms. The third kappa shape index (κ3) is 3.11. The van der Waals surface area contributed by atoms with E-state index >= 15 is 0 Å². The maximum absolute atomic E-state index is 4.56. The van der Waals surface area contributed by atoms with Crippen molar-refractivity contribution in [2.75, 3.05) is 5.32 Å². The lowest BCUT2D eigenvalue weighted by Gasteiger charge is -2.32. The molecule has 0 fully saturated rings. The smallest absolute Gasteiger partial charge is 0.203 e. The van der Waals surface area contributed by atoms with Crippen LogP contribution in [-0.4, -0.2) is 15.1 Å². The summed E-state index contributed by atoms with van der Waals surface area (Å²) in [6.45, 7) is 13.3. The summed E-state index contributed by atoms with van der Waals surface area (Å²) in [6, 6.07) is 0. The van der Waals surface area contributed by atoms with Crippen molar-refractivity contribution in [3.8, 4) is 0 Å². The predicted octanol–water partition coefficient (Wildman–Crippen LogP) is 3.76. The summed E-state index contributed by atoms with van der Waals surface area (Å²) in [4.78, 5) is 4.56. The monoisotopic (exact) mass is 235 g/mol. The quantitative estimate of drug-likeness (QED) is 0.729. The fraction of sp³-hybridized carbons (Fsp3) is 0.643. The van der Waals surface area contributed by atoms with E-state index < -0.39 is 0 Å². The minimum absolute atomic E-state index is 0.163. The molecule has 0 aliphatic carbocycles. The van der Waals surface area contributed by atoms with Gasteiger partial charge in [0.15, 0.2) is 0 Å². The summed E-state index contributed by atoms with van der Waals surface area (Å²) in [5.41, 5.74) is 1.21. The van der Waals surface area contributed by atoms with Crippen molar-refractivity contribution in [3.05, 3.63) is 24.5 Å². The maximum atomic E-state index is 4.56. The average molecular weight is 235 g/mol. The highest BCUT2D eigenvalue weighted by Crippen LogP contribution is 2.25. The van der Waals surface area contributed by atoms with Crippen LogP contribution in [0.25, 0.3) is 0 Å². The molecule has 0 bridgehead atoms. The van der Waals surface area contributed by atoms with Crippen LogP contribution in [0.2, 0.25) is 0 Å². The summed E-state index contributed by atoms with van der Waals surface area (Å²) in [6.07, 6.45) is 7.30. The Bertz CT molecular complexity index is 353. The minimum atomic E-state index is 0.163. The first-order valence-corrected chi connectivity index (χ1v) is 6.53. The van der Waals surface area contributed by atoms with Gasteiger partial charge in [-0.05, 0) is 26.2 Å². The largest absolute Gasteiger partial charge is 0.350 e. The van der Waals surface area contributed by atoms with Crippen LogP contribution in [0, 0.1) is 6.92 Å². The van der Waals surface area contributed by atoms with Gasteiger partial charge in [0, 0.05) is 18.3 Å². The third-order valence-electron chi connectivity index (χ3n) is 3.63. The fourth-order valence-corrected chi connectivity index (χ4v) is 2.18. The predicted molar refractivity (Wildman–Crippen MR) is 74.4 cm³/mol. The average Bonchev–Trinajstić information content (AvgIpc) is 2.67. The number of imidazole rings is 1. The van der Waals surface area contributed by atoms with Crippen molar-refractivity contribution in [1.82, 2.24) is 9.55 Å². The lowest BCUT2D eigenvalue weighted by Crippen LogP contribution is -2.37. The van der Waals surface area contributed by atoms with Gasteiger partial charge in [0.2, 0.25) is 5.95 Å². The molecule has 3 nitrogen and oxygen atoms in total. The van der Waals surface area contributed by atoms with Gasteiger partial charge in [-0.15, -0.1) is 6.58 Å². The molecule has 1 aromatic rings. The molecule has 0 saturated carbocycles. The molecule has 0 aliphatic rings. The first-order valence-electron chi connectivity index (χ1n) is 6.53. The van der Waals surface area contributed by atoms with E-state index in [-0.39, 0.29) is 5.54 Å². The summed E-state index contributed by atoms with van der Waals surface area (Å²) in [5, 5.41) is 3.62. The third-order valence-corrected chi connectivity index (χ3v) is 3.63. The number of hydrogen-bond acceptors (Lipinski definition) is 2. The zero-order chi connectivity index (χ0) is 12.9. The first-order chi connectivity index (χ1) is 8.10. The number of nitrogens with zero attached hydrogens (tertiary/aromatic N) is 2. The molecule has 0 amide bonds. The van der Waals surface area contributed by atoms with Crippen LogP contribution in [0.4, 0.5) is 5.95 Å². The molecule has 17 heavy (non-hydrogen) atoms. The zero-order valence-corrected chi connectivity index (χ0v) is 11.6. The van der Waals surface area contributed by atoms with Gasteiger partial charge in [0.05, 0.1) is 5.69 Å². The Morgan fingerprint density at radius 3 is 2.41 bits per heavy atom. The van der Waals surface area contributed by atoms with E-state index in [1.807, 2.05) is 13.0 Å². The molecule has 1 aromatic heterocycles. The second kappa shape index (κ2) is 5.89. The first kappa shape index (κ1) is 13.8. The Morgan fingerprint density at radius 2 is 1.94 bits per heavy atom. The van der Waals surface area contributed by atoms with Crippen molar-refractivity contribution in [3.63, 3.8) is 0 Å². The summed E-state index contributed by atoms with van der Waals surface area (Å²) >= 11 is 0. The van der Waals surface area contributed by atoms with Gasteiger partial charge in [-0.25, -0.2) is 4.98 Å². The van der Waals surface area contributed by atoms with Gasteiger partial charge < -0.3 is 9.88 Å². The molecular formula is C14H25N3. The lowest BCUT2D eigenvalue weighted by atomic mass is 9.90. The number of allylic oxidation sites excluding steroid dienone is 1. The van der Waals surface area contributed by atoms with E-state index in [0.717, 1.165) is 37.4 Å². The number of aromatic nitrogens is 2. The zero-order valence-electron chi connectivity index (χ0n) is 11.6. The molecule has 0 spiro atoms. The molecule has 0 aliphatic heterocycles. The van der Waals surface area contributed by atoms with Gasteiger partial charge in [-0.3, -0.25) is 0 Å². The second-order valence-electron chi connectivity index (χ2n) is 4.61. The van der Waals surface area contributed by atoms with Crippen LogP contribution >= 0.6 is 0 Å². The molecule has 96 valence electrons. The Morgan fingerprint density at radius 1 is 1.35 bits per heavy atom. The molecular weight excluding hydrogens is 210 g/mol. The van der Waals surface area contributed by atoms with Crippen molar-refractivity contribution in [2.24, 2.45) is 0 Å². The molecule has 0 atom stereocenters. The SMILES string of the molecule is C=CCn1cc(C)nc1NC(CC)(CC)CC. The Balaban J connectivity index is 2.95. The second-order valence-corrected chi connectivity index (χ2v) is 4.61. The Hall–Kier alpha value is -1.25. The fourth-order valence-electron chi connectivity index (χ4n) is 2.18. The Kier molecular flexibility index (Phi) is 4.79. The van der Waals surface area contributed by atoms with Gasteiger partial charge in [0.1, 0.15) is 0 Å². The highest BCUT2D eigenvalue weighted by atomic mass is 15.2. The van der Waals surface area contributed by atoms with E-state index in [1.165, 1.54) is 0 Å². The van der Waals surface area contributed by atoms with Crippen molar-refractivity contribution >= 4 is 5.95 Å². The van der Waals surface area contributed by atoms with E-state index in [4.69, 9.17) is 0 Å². The van der Waals surface area contributed by atoms with Crippen molar-refractivity contribution < 1.29 is 0 Å². The molecule has 0 radical (unpaired) electrons. The van der Waals surface area contributed by atoms with Crippen LogP contribution in [-0.2, 0) is 6.54 Å². The molecule has 1 rings (SSSR count). The van der Waals surface area contributed by atoms with Gasteiger partial charge in [-0.1, -0.05) is 26.8 Å². The van der Waals surface area contributed by atoms with Crippen LogP contribution in [0.3, 0.4) is 0 Å². The van der Waals surface area contributed by atoms with E-state index in [1.54, 1.807) is 0 Å². The van der Waals surface area contributed by atoms with Crippen molar-refractivity contribution in [2.45, 2.75) is 59.0 Å². The van der Waals surface area contributed by atoms with E-state index in [9.17, 15) is 0 Å². The number of rotatable bonds is 7. The van der Waals surface area contributed by atoms with Gasteiger partial charge in [0.25, 0.3) is 0 Å². The number of anilines is 1. The van der Waals surface area contributed by atoms with Gasteiger partial charge in [-0.2, -0.15) is 0 Å². The number of hydrogen-bond donors (Lipinski definition) is 1. The summed E-state index contributed by atoms with van der Waals surface area (Å²) in [5.74, 6) is 0.966. The standard InChI is InChI=1S/C14H25N3/c1-6-10-17-11-12(5)15-13(17)16-14(7-2,8-3)9-4/h6,11H,1,7-10H2,2-5H3,(H,15,16). The summed E-state index contributed by atoms with van der Waals surface area (Å²) < 4.78 is 2.12. The van der Waals surface area contributed by atoms with Crippen LogP contribution in [0.15, 0.2) is 18.9 Å². The number of nitrogens with one attached hydrogen (secondary N) is 1. The lowest BCUT2D eigenvalue weighted by molar-refractivity contribution is 0.415. The van der Waals surface area contributed by atoms with E-state index in [2.05, 4.69) is 48.4 Å². The maximum Gasteiger partial charge on any atom is 0.203 e. The van der Waals surface area contributed by atoms with Gasteiger partial charge >= 0.3 is 0 Å². The molecule has 1 heterocycles. The number of aryl methyl sites for hydroxylation is 1. The molecule has 1 N–H and O–H groups in total. The van der Waals surface area contributed by atoms with Crippen molar-refractivity contribution in [1.29, 1.82) is 0 Å². The summed E-state index contributed by atoms with van der Waals surface area (Å²) in [7, 11) is 0. The molecule has 0 unspecified atom stereocenters. The minimum Gasteiger partial charge on any atom is -0.350 e. The topological polar surface area (TPSA) is 29.9 Å². The van der Waals surface area contributed by atoms with Crippen LogP contribution < -0.4 is 5.32 Å². The Labute approximate surface area is 105 Å². The van der Waals surface area contributed by atoms with Crippen LogP contribution in [0.1, 0.15) is 45.7 Å². The highest BCUT2D eigenvalue weighted by molar-refractivity contribution is 5.33. The molecule has 0 saturated heterocycles. The highest BCUT2D eigenvalue weighted by Gasteiger charge is 2.25. The van der Waals surface area contributed by atoms with Crippen LogP contribution in [0.5, 0.6) is 0 Å². The molecule has 0 aromatic carbocycles.